The Morgan fingerprint density at radius 1 is 1.05 bits per heavy atom. The fraction of sp³-hybridized carbons (Fsp3) is 0.429. The average molecular weight is 525 g/mol. The molecule has 0 bridgehead atoms. The zero-order chi connectivity index (χ0) is 28.2. The maximum Gasteiger partial charge on any atom is 0.252 e. The van der Waals surface area contributed by atoms with Gasteiger partial charge in [-0.1, -0.05) is 20.8 Å². The van der Waals surface area contributed by atoms with Crippen LogP contribution in [0, 0.1) is 5.41 Å². The number of ether oxygens (including phenoxy) is 3. The summed E-state index contributed by atoms with van der Waals surface area (Å²) in [6, 6.07) is 6.69. The van der Waals surface area contributed by atoms with Crippen LogP contribution in [0.1, 0.15) is 77.9 Å². The highest BCUT2D eigenvalue weighted by Gasteiger charge is 2.30. The summed E-state index contributed by atoms with van der Waals surface area (Å²) >= 11 is 0. The molecular weight excluding hydrogens is 488 g/mol. The van der Waals surface area contributed by atoms with E-state index in [0.717, 1.165) is 11.1 Å². The standard InChI is InChI=1S/C28H36N4O6/c1-6-37-22-12-17-14-32(26(30)18(17)13-19(22)27(31)35)15-21(33)16-10-20(28(2,3)4)25(36-5)23(11-16)38-9-7-8-24(29)34/h10-13,30H,6-9,14-15H2,1-5H3,(H2,29,34)(H2,31,35). The molecule has 0 atom stereocenters. The number of fused-ring (bicyclic) bond motifs is 1. The summed E-state index contributed by atoms with van der Waals surface area (Å²) in [6.45, 7) is 8.69. The maximum absolute atomic E-state index is 13.5. The molecule has 0 aliphatic carbocycles. The molecule has 0 saturated carbocycles. The van der Waals surface area contributed by atoms with Crippen LogP contribution in [-0.4, -0.2) is 55.2 Å². The maximum atomic E-state index is 13.5. The van der Waals surface area contributed by atoms with E-state index in [9.17, 15) is 14.4 Å². The normalized spacial score (nSPS) is 12.8. The summed E-state index contributed by atoms with van der Waals surface area (Å²) in [6.07, 6.45) is 0.620. The fourth-order valence-corrected chi connectivity index (χ4v) is 4.36. The Balaban J connectivity index is 1.89. The molecule has 5 N–H and O–H groups in total. The lowest BCUT2D eigenvalue weighted by atomic mass is 9.84. The van der Waals surface area contributed by atoms with Crippen molar-refractivity contribution in [2.75, 3.05) is 26.9 Å². The minimum atomic E-state index is -0.644. The molecule has 1 aliphatic heterocycles. The van der Waals surface area contributed by atoms with E-state index in [1.807, 2.05) is 20.8 Å². The fourth-order valence-electron chi connectivity index (χ4n) is 4.36. The zero-order valence-corrected chi connectivity index (χ0v) is 22.6. The molecule has 0 unspecified atom stereocenters. The quantitative estimate of drug-likeness (QED) is 0.284. The van der Waals surface area contributed by atoms with Gasteiger partial charge in [0.2, 0.25) is 5.91 Å². The SMILES string of the molecule is CCOc1cc2c(cc1C(N)=O)C(=N)N(CC(=O)c1cc(OCCCC(N)=O)c(OC)c(C(C)(C)C)c1)C2. The van der Waals surface area contributed by atoms with Crippen molar-refractivity contribution in [3.8, 4) is 17.2 Å². The topological polar surface area (TPSA) is 158 Å². The predicted octanol–water partition coefficient (Wildman–Crippen LogP) is 3.16. The summed E-state index contributed by atoms with van der Waals surface area (Å²) in [5.41, 5.74) is 13.1. The Labute approximate surface area is 222 Å². The molecule has 2 aromatic carbocycles. The van der Waals surface area contributed by atoms with Crippen molar-refractivity contribution in [2.45, 2.75) is 52.5 Å². The van der Waals surface area contributed by atoms with Gasteiger partial charge in [-0.25, -0.2) is 0 Å². The van der Waals surface area contributed by atoms with Crippen LogP contribution >= 0.6 is 0 Å². The van der Waals surface area contributed by atoms with Gasteiger partial charge in [-0.2, -0.15) is 0 Å². The first-order valence-corrected chi connectivity index (χ1v) is 12.5. The third-order valence-electron chi connectivity index (χ3n) is 6.25. The third-order valence-corrected chi connectivity index (χ3v) is 6.25. The number of nitrogens with two attached hydrogens (primary N) is 2. The lowest BCUT2D eigenvalue weighted by Gasteiger charge is -2.25. The van der Waals surface area contributed by atoms with E-state index in [1.54, 1.807) is 43.2 Å². The molecule has 1 heterocycles. The second kappa shape index (κ2) is 11.5. The minimum absolute atomic E-state index is 0.0551. The van der Waals surface area contributed by atoms with E-state index >= 15 is 0 Å². The lowest BCUT2D eigenvalue weighted by Crippen LogP contribution is -2.30. The summed E-state index contributed by atoms with van der Waals surface area (Å²) in [5, 5.41) is 8.65. The van der Waals surface area contributed by atoms with E-state index in [-0.39, 0.29) is 42.2 Å². The number of amides is 2. The highest BCUT2D eigenvalue weighted by molar-refractivity contribution is 6.07. The molecule has 204 valence electrons. The van der Waals surface area contributed by atoms with Gasteiger partial charge >= 0.3 is 0 Å². The molecule has 0 spiro atoms. The van der Waals surface area contributed by atoms with Crippen LogP contribution in [0.15, 0.2) is 24.3 Å². The Bertz CT molecular complexity index is 1260. The van der Waals surface area contributed by atoms with E-state index < -0.39 is 11.8 Å². The second-order valence-corrected chi connectivity index (χ2v) is 10.2. The number of amidine groups is 1. The molecule has 0 saturated heterocycles. The van der Waals surface area contributed by atoms with Gasteiger partial charge in [-0.15, -0.1) is 0 Å². The highest BCUT2D eigenvalue weighted by Crippen LogP contribution is 2.40. The first-order valence-electron chi connectivity index (χ1n) is 12.5. The number of benzene rings is 2. The first kappa shape index (κ1) is 28.5. The third kappa shape index (κ3) is 6.24. The van der Waals surface area contributed by atoms with Gasteiger partial charge in [-0.05, 0) is 48.6 Å². The smallest absolute Gasteiger partial charge is 0.252 e. The van der Waals surface area contributed by atoms with Gasteiger partial charge in [-0.3, -0.25) is 19.8 Å². The minimum Gasteiger partial charge on any atom is -0.493 e. The number of hydrogen-bond acceptors (Lipinski definition) is 7. The van der Waals surface area contributed by atoms with Crippen molar-refractivity contribution in [3.63, 3.8) is 0 Å². The molecule has 1 aliphatic rings. The van der Waals surface area contributed by atoms with Crippen LogP contribution in [0.25, 0.3) is 0 Å². The summed E-state index contributed by atoms with van der Waals surface area (Å²) < 4.78 is 17.1. The number of rotatable bonds is 12. The number of hydrogen-bond donors (Lipinski definition) is 3. The van der Waals surface area contributed by atoms with Gasteiger partial charge < -0.3 is 30.6 Å². The molecule has 10 nitrogen and oxygen atoms in total. The summed E-state index contributed by atoms with van der Waals surface area (Å²) in [5.74, 6) is 0.157. The molecule has 0 aromatic heterocycles. The largest absolute Gasteiger partial charge is 0.493 e. The van der Waals surface area contributed by atoms with E-state index in [0.29, 0.717) is 47.9 Å². The molecule has 0 fully saturated rings. The number of ketones is 1. The second-order valence-electron chi connectivity index (χ2n) is 10.2. The Kier molecular flexibility index (Phi) is 8.65. The highest BCUT2D eigenvalue weighted by atomic mass is 16.5. The Morgan fingerprint density at radius 3 is 2.34 bits per heavy atom. The lowest BCUT2D eigenvalue weighted by molar-refractivity contribution is -0.118. The van der Waals surface area contributed by atoms with E-state index in [4.69, 9.17) is 31.1 Å². The van der Waals surface area contributed by atoms with E-state index in [2.05, 4.69) is 0 Å². The van der Waals surface area contributed by atoms with Crippen molar-refractivity contribution in [1.82, 2.24) is 4.90 Å². The van der Waals surface area contributed by atoms with Gasteiger partial charge in [0.25, 0.3) is 5.91 Å². The molecule has 2 aromatic rings. The average Bonchev–Trinajstić information content (AvgIpc) is 3.14. The number of carbonyl (C=O) groups excluding carboxylic acids is 3. The number of nitrogens with zero attached hydrogens (tertiary/aromatic N) is 1. The first-order chi connectivity index (χ1) is 17.9. The molecule has 0 radical (unpaired) electrons. The molecule has 38 heavy (non-hydrogen) atoms. The van der Waals surface area contributed by atoms with Crippen LogP contribution in [0.2, 0.25) is 0 Å². The van der Waals surface area contributed by atoms with Crippen molar-refractivity contribution >= 4 is 23.4 Å². The van der Waals surface area contributed by atoms with Crippen molar-refractivity contribution in [2.24, 2.45) is 11.5 Å². The summed E-state index contributed by atoms with van der Waals surface area (Å²) in [7, 11) is 1.54. The van der Waals surface area contributed by atoms with Gasteiger partial charge in [0.15, 0.2) is 17.3 Å². The summed E-state index contributed by atoms with van der Waals surface area (Å²) in [4.78, 5) is 38.2. The van der Waals surface area contributed by atoms with Crippen molar-refractivity contribution < 1.29 is 28.6 Å². The number of nitrogens with one attached hydrogen (secondary N) is 1. The monoisotopic (exact) mass is 524 g/mol. The van der Waals surface area contributed by atoms with Crippen LogP contribution in [0.4, 0.5) is 0 Å². The van der Waals surface area contributed by atoms with Crippen LogP contribution < -0.4 is 25.7 Å². The van der Waals surface area contributed by atoms with Crippen molar-refractivity contribution in [3.05, 3.63) is 52.1 Å². The molecular formula is C28H36N4O6. The van der Waals surface area contributed by atoms with Crippen LogP contribution in [0.5, 0.6) is 17.2 Å². The predicted molar refractivity (Wildman–Crippen MR) is 143 cm³/mol. The molecule has 10 heteroatoms. The Hall–Kier alpha value is -4.08. The number of Topliss-reactive ketones (excluding diaryl/α,β-unsaturated/α-hetero) is 1. The Morgan fingerprint density at radius 2 is 1.76 bits per heavy atom. The van der Waals surface area contributed by atoms with Gasteiger partial charge in [0, 0.05) is 29.7 Å². The van der Waals surface area contributed by atoms with Crippen molar-refractivity contribution in [1.29, 1.82) is 5.41 Å². The number of primary amides is 2. The zero-order valence-electron chi connectivity index (χ0n) is 22.6. The van der Waals surface area contributed by atoms with Crippen LogP contribution in [-0.2, 0) is 16.8 Å². The van der Waals surface area contributed by atoms with Gasteiger partial charge in [0.1, 0.15) is 11.6 Å². The molecule has 2 amide bonds. The number of methoxy groups -OCH3 is 1. The number of carbonyl (C=O) groups is 3. The molecule has 3 rings (SSSR count). The van der Waals surface area contributed by atoms with E-state index in [1.165, 1.54) is 0 Å². The van der Waals surface area contributed by atoms with Gasteiger partial charge in [0.05, 0.1) is 32.4 Å². The van der Waals surface area contributed by atoms with Crippen LogP contribution in [0.3, 0.4) is 0 Å².